The minimum Gasteiger partial charge on any atom is -0.397 e. The van der Waals surface area contributed by atoms with Crippen molar-refractivity contribution in [1.82, 2.24) is 10.2 Å². The van der Waals surface area contributed by atoms with Gasteiger partial charge in [-0.05, 0) is 45.1 Å². The molecule has 118 valence electrons. The van der Waals surface area contributed by atoms with Crippen LogP contribution in [0, 0.1) is 0 Å². The lowest BCUT2D eigenvalue weighted by atomic mass is 10.1. The fourth-order valence-corrected chi connectivity index (χ4v) is 2.28. The molecule has 0 aliphatic carbocycles. The van der Waals surface area contributed by atoms with Gasteiger partial charge in [-0.25, -0.2) is 0 Å². The van der Waals surface area contributed by atoms with Crippen LogP contribution >= 0.6 is 0 Å². The fraction of sp³-hybridized carbons (Fsp3) is 0.562. The Morgan fingerprint density at radius 3 is 2.48 bits per heavy atom. The molecular weight excluding hydrogens is 264 g/mol. The predicted molar refractivity (Wildman–Crippen MR) is 89.7 cm³/mol. The first-order valence-electron chi connectivity index (χ1n) is 7.68. The van der Waals surface area contributed by atoms with Crippen LogP contribution in [0.1, 0.15) is 38.1 Å². The summed E-state index contributed by atoms with van der Waals surface area (Å²) in [5, 5.41) is 6.18. The molecule has 0 saturated heterocycles. The first-order valence-corrected chi connectivity index (χ1v) is 7.68. The highest BCUT2D eigenvalue weighted by atomic mass is 16.1. The summed E-state index contributed by atoms with van der Waals surface area (Å²) in [6.45, 7) is 12.0. The maximum Gasteiger partial charge on any atom is 0.251 e. The third kappa shape index (κ3) is 5.27. The van der Waals surface area contributed by atoms with Crippen LogP contribution in [0.4, 0.5) is 11.4 Å². The van der Waals surface area contributed by atoms with E-state index in [1.54, 1.807) is 12.1 Å². The number of nitrogens with two attached hydrogens (primary N) is 1. The Hall–Kier alpha value is -1.75. The molecule has 0 radical (unpaired) electrons. The number of benzene rings is 1. The van der Waals surface area contributed by atoms with E-state index in [4.69, 9.17) is 5.73 Å². The van der Waals surface area contributed by atoms with Crippen molar-refractivity contribution in [2.24, 2.45) is 0 Å². The van der Waals surface area contributed by atoms with Crippen LogP contribution in [-0.4, -0.2) is 43.0 Å². The summed E-state index contributed by atoms with van der Waals surface area (Å²) < 4.78 is 0. The van der Waals surface area contributed by atoms with E-state index < -0.39 is 0 Å². The van der Waals surface area contributed by atoms with Gasteiger partial charge < -0.3 is 21.3 Å². The van der Waals surface area contributed by atoms with Gasteiger partial charge in [0.1, 0.15) is 0 Å². The number of hydrogen-bond donors (Lipinski definition) is 3. The summed E-state index contributed by atoms with van der Waals surface area (Å²) in [5.74, 6) is -0.0908. The number of rotatable bonds is 8. The fourth-order valence-electron chi connectivity index (χ4n) is 2.28. The van der Waals surface area contributed by atoms with Crippen LogP contribution < -0.4 is 16.4 Å². The van der Waals surface area contributed by atoms with Crippen LogP contribution in [0.2, 0.25) is 0 Å². The normalized spacial score (nSPS) is 12.2. The summed E-state index contributed by atoms with van der Waals surface area (Å²) in [4.78, 5) is 14.1. The quantitative estimate of drug-likeness (QED) is 0.642. The van der Waals surface area contributed by atoms with E-state index in [1.807, 2.05) is 13.0 Å². The molecule has 0 aromatic heterocycles. The highest BCUT2D eigenvalue weighted by Crippen LogP contribution is 2.21. The number of hydrogen-bond acceptors (Lipinski definition) is 4. The number of nitrogen functional groups attached to an aromatic ring is 1. The summed E-state index contributed by atoms with van der Waals surface area (Å²) >= 11 is 0. The maximum absolute atomic E-state index is 11.8. The summed E-state index contributed by atoms with van der Waals surface area (Å²) in [6.07, 6.45) is 0. The first kappa shape index (κ1) is 17.3. The third-order valence-corrected chi connectivity index (χ3v) is 3.48. The van der Waals surface area contributed by atoms with Crippen LogP contribution in [0.5, 0.6) is 0 Å². The van der Waals surface area contributed by atoms with E-state index >= 15 is 0 Å². The lowest BCUT2D eigenvalue weighted by Crippen LogP contribution is -2.34. The van der Waals surface area contributed by atoms with Crippen molar-refractivity contribution in [2.45, 2.75) is 33.7 Å². The molecule has 4 N–H and O–H groups in total. The molecule has 0 bridgehead atoms. The molecule has 5 heteroatoms. The topological polar surface area (TPSA) is 70.4 Å². The van der Waals surface area contributed by atoms with Crippen molar-refractivity contribution in [3.8, 4) is 0 Å². The molecule has 1 unspecified atom stereocenters. The van der Waals surface area contributed by atoms with Gasteiger partial charge in [0.2, 0.25) is 0 Å². The molecule has 0 fully saturated rings. The number of nitrogens with one attached hydrogen (secondary N) is 2. The van der Waals surface area contributed by atoms with Crippen LogP contribution in [0.3, 0.4) is 0 Å². The highest BCUT2D eigenvalue weighted by Gasteiger charge is 2.11. The van der Waals surface area contributed by atoms with Crippen molar-refractivity contribution >= 4 is 17.3 Å². The molecule has 1 atom stereocenters. The maximum atomic E-state index is 11.8. The molecular formula is C16H28N4O. The van der Waals surface area contributed by atoms with Crippen LogP contribution in [0.15, 0.2) is 18.2 Å². The van der Waals surface area contributed by atoms with Gasteiger partial charge in [-0.1, -0.05) is 13.8 Å². The molecule has 0 aliphatic heterocycles. The Morgan fingerprint density at radius 1 is 1.29 bits per heavy atom. The number of carbonyl (C=O) groups excluding carboxylic acids is 1. The zero-order valence-corrected chi connectivity index (χ0v) is 13.6. The van der Waals surface area contributed by atoms with E-state index in [-0.39, 0.29) is 5.91 Å². The Morgan fingerprint density at radius 2 is 1.95 bits per heavy atom. The van der Waals surface area contributed by atoms with Crippen LogP contribution in [-0.2, 0) is 0 Å². The molecule has 1 aromatic rings. The summed E-state index contributed by atoms with van der Waals surface area (Å²) in [7, 11) is 0. The zero-order valence-electron chi connectivity index (χ0n) is 13.6. The molecule has 1 amide bonds. The molecule has 21 heavy (non-hydrogen) atoms. The zero-order chi connectivity index (χ0) is 15.8. The largest absolute Gasteiger partial charge is 0.397 e. The predicted octanol–water partition coefficient (Wildman–Crippen LogP) is 2.16. The van der Waals surface area contributed by atoms with Crippen molar-refractivity contribution in [2.75, 3.05) is 37.2 Å². The van der Waals surface area contributed by atoms with Crippen molar-refractivity contribution in [3.63, 3.8) is 0 Å². The minimum atomic E-state index is -0.0908. The van der Waals surface area contributed by atoms with Gasteiger partial charge in [0.05, 0.1) is 11.4 Å². The Bertz CT molecular complexity index is 458. The number of carbonyl (C=O) groups is 1. The van der Waals surface area contributed by atoms with Gasteiger partial charge in [0.25, 0.3) is 5.91 Å². The third-order valence-electron chi connectivity index (χ3n) is 3.48. The molecule has 1 aromatic carbocycles. The molecule has 0 saturated carbocycles. The van der Waals surface area contributed by atoms with Crippen LogP contribution in [0.25, 0.3) is 0 Å². The lowest BCUT2D eigenvalue weighted by molar-refractivity contribution is 0.0956. The number of anilines is 2. The van der Waals surface area contributed by atoms with Gasteiger partial charge >= 0.3 is 0 Å². The number of likely N-dealkylation sites (N-methyl/N-ethyl adjacent to an activating group) is 1. The second-order valence-electron chi connectivity index (χ2n) is 5.19. The molecule has 5 nitrogen and oxygen atoms in total. The average Bonchev–Trinajstić information content (AvgIpc) is 2.47. The molecule has 1 rings (SSSR count). The van der Waals surface area contributed by atoms with Crippen molar-refractivity contribution in [3.05, 3.63) is 23.8 Å². The first-order chi connectivity index (χ1) is 10.0. The average molecular weight is 292 g/mol. The van der Waals surface area contributed by atoms with E-state index in [0.717, 1.165) is 25.3 Å². The van der Waals surface area contributed by atoms with Crippen molar-refractivity contribution < 1.29 is 4.79 Å². The van der Waals surface area contributed by atoms with Gasteiger partial charge in [-0.3, -0.25) is 4.79 Å². The Balaban J connectivity index is 2.70. The summed E-state index contributed by atoms with van der Waals surface area (Å²) in [5.41, 5.74) is 8.12. The van der Waals surface area contributed by atoms with E-state index in [1.165, 1.54) is 0 Å². The second-order valence-corrected chi connectivity index (χ2v) is 5.19. The summed E-state index contributed by atoms with van der Waals surface area (Å²) in [6, 6.07) is 5.69. The van der Waals surface area contributed by atoms with Gasteiger partial charge in [0.15, 0.2) is 0 Å². The Labute approximate surface area is 127 Å². The van der Waals surface area contributed by atoms with E-state index in [0.29, 0.717) is 23.8 Å². The van der Waals surface area contributed by atoms with Gasteiger partial charge in [-0.15, -0.1) is 0 Å². The highest BCUT2D eigenvalue weighted by molar-refractivity contribution is 5.96. The van der Waals surface area contributed by atoms with E-state index in [2.05, 4.69) is 36.3 Å². The standard InChI is InChI=1S/C16H28N4O/c1-5-18-16(21)13-8-9-15(14(17)10-13)19-12(4)11-20(6-2)7-3/h8-10,12,19H,5-7,11,17H2,1-4H3,(H,18,21). The second kappa shape index (κ2) is 8.52. The van der Waals surface area contributed by atoms with Gasteiger partial charge in [0, 0.05) is 24.7 Å². The smallest absolute Gasteiger partial charge is 0.251 e. The van der Waals surface area contributed by atoms with E-state index in [9.17, 15) is 4.79 Å². The molecule has 0 aliphatic rings. The minimum absolute atomic E-state index is 0.0908. The van der Waals surface area contributed by atoms with Crippen molar-refractivity contribution in [1.29, 1.82) is 0 Å². The lowest BCUT2D eigenvalue weighted by Gasteiger charge is -2.24. The SMILES string of the molecule is CCNC(=O)c1ccc(NC(C)CN(CC)CC)c(N)c1. The number of nitrogens with zero attached hydrogens (tertiary/aromatic N) is 1. The number of amides is 1. The monoisotopic (exact) mass is 292 g/mol. The molecule has 0 heterocycles. The van der Waals surface area contributed by atoms with Gasteiger partial charge in [-0.2, -0.15) is 0 Å². The Kier molecular flexibility index (Phi) is 7.02. The molecule has 0 spiro atoms.